The van der Waals surface area contributed by atoms with Crippen LogP contribution in [0.5, 0.6) is 0 Å². The van der Waals surface area contributed by atoms with Crippen LogP contribution in [0.25, 0.3) is 60.9 Å². The second-order valence-electron chi connectivity index (χ2n) is 18.5. The molecule has 0 aliphatic heterocycles. The first-order chi connectivity index (χ1) is 32.5. The summed E-state index contributed by atoms with van der Waals surface area (Å²) in [4.78, 5) is 2.42. The molecule has 1 spiro atoms. The lowest BCUT2D eigenvalue weighted by atomic mass is 9.55. The van der Waals surface area contributed by atoms with Gasteiger partial charge in [-0.2, -0.15) is 0 Å². The van der Waals surface area contributed by atoms with E-state index < -0.39 is 5.41 Å². The van der Waals surface area contributed by atoms with Gasteiger partial charge in [0.25, 0.3) is 0 Å². The van der Waals surface area contributed by atoms with Crippen molar-refractivity contribution in [3.05, 3.63) is 276 Å². The van der Waals surface area contributed by atoms with Crippen LogP contribution in [0.1, 0.15) is 47.2 Å². The van der Waals surface area contributed by atoms with Gasteiger partial charge in [-0.3, -0.25) is 0 Å². The van der Waals surface area contributed by atoms with Crippen LogP contribution in [-0.4, -0.2) is 4.57 Å². The third-order valence-corrected chi connectivity index (χ3v) is 14.7. The molecule has 1 aromatic heterocycles. The number of aromatic nitrogens is 1. The average molecular weight is 843 g/mol. The summed E-state index contributed by atoms with van der Waals surface area (Å²) in [5.41, 5.74) is 21.8. The Labute approximate surface area is 386 Å². The molecule has 1 heterocycles. The Bertz CT molecular complexity index is 3620. The first-order valence-corrected chi connectivity index (χ1v) is 23.1. The molecule has 0 radical (unpaired) electrons. The molecule has 2 aliphatic carbocycles. The summed E-state index contributed by atoms with van der Waals surface area (Å²) >= 11 is 0. The van der Waals surface area contributed by atoms with Crippen molar-refractivity contribution in [2.45, 2.75) is 24.7 Å². The smallest absolute Gasteiger partial charge is 0.0719 e. The third kappa shape index (κ3) is 5.55. The van der Waals surface area contributed by atoms with E-state index in [-0.39, 0.29) is 5.41 Å². The molecule has 0 fully saturated rings. The maximum Gasteiger partial charge on any atom is 0.0719 e. The molecule has 0 unspecified atom stereocenters. The highest BCUT2D eigenvalue weighted by Gasteiger charge is 2.53. The monoisotopic (exact) mass is 842 g/mol. The van der Waals surface area contributed by atoms with Gasteiger partial charge >= 0.3 is 0 Å². The number of hydrogen-bond donors (Lipinski definition) is 0. The van der Waals surface area contributed by atoms with Crippen LogP contribution < -0.4 is 4.90 Å². The molecule has 0 N–H and O–H groups in total. The van der Waals surface area contributed by atoms with Gasteiger partial charge in [-0.05, 0) is 133 Å². The molecule has 10 aromatic carbocycles. The van der Waals surface area contributed by atoms with Gasteiger partial charge in [0.1, 0.15) is 0 Å². The zero-order valence-corrected chi connectivity index (χ0v) is 37.0. The van der Waals surface area contributed by atoms with E-state index in [0.29, 0.717) is 0 Å². The standard InChI is InChI=1S/C64H46N2/c1-63(2)56-27-12-14-29-58(56)64(59-30-15-13-28-57(59)63)55-26-11-9-24-51(55)52-38-34-46(41-60(52)64)45-20-17-23-49(40-45)65(48-35-32-44(33-36-48)43-18-5-3-6-19-43)50-37-39-62-54(42-50)53-25-10-16-31-61(53)66(62)47-21-7-4-8-22-47/h3-42H,1-2H3. The van der Waals surface area contributed by atoms with Crippen LogP contribution in [0.3, 0.4) is 0 Å². The van der Waals surface area contributed by atoms with Crippen molar-refractivity contribution in [3.8, 4) is 39.1 Å². The second-order valence-corrected chi connectivity index (χ2v) is 18.5. The Balaban J connectivity index is 1.000. The minimum absolute atomic E-state index is 0.149. The van der Waals surface area contributed by atoms with E-state index in [1.807, 2.05) is 0 Å². The van der Waals surface area contributed by atoms with Gasteiger partial charge in [0.05, 0.1) is 16.4 Å². The molecule has 2 nitrogen and oxygen atoms in total. The summed E-state index contributed by atoms with van der Waals surface area (Å²) in [5.74, 6) is 0. The highest BCUT2D eigenvalue weighted by molar-refractivity contribution is 6.10. The minimum Gasteiger partial charge on any atom is -0.310 e. The summed E-state index contributed by atoms with van der Waals surface area (Å²) in [5, 5.41) is 2.45. The fourth-order valence-corrected chi connectivity index (χ4v) is 11.7. The molecular formula is C64H46N2. The molecule has 0 atom stereocenters. The van der Waals surface area contributed by atoms with E-state index >= 15 is 0 Å². The summed E-state index contributed by atoms with van der Waals surface area (Å²) in [6.07, 6.45) is 0. The number of benzene rings is 10. The quantitative estimate of drug-likeness (QED) is 0.162. The average Bonchev–Trinajstić information content (AvgIpc) is 3.87. The molecule has 0 saturated heterocycles. The Hall–Kier alpha value is -8.20. The van der Waals surface area contributed by atoms with Gasteiger partial charge in [-0.1, -0.05) is 190 Å². The fourth-order valence-electron chi connectivity index (χ4n) is 11.7. The molecule has 2 heteroatoms. The zero-order chi connectivity index (χ0) is 44.0. The van der Waals surface area contributed by atoms with Gasteiger partial charge in [0, 0.05) is 38.9 Å². The second kappa shape index (κ2) is 14.7. The Morgan fingerprint density at radius 2 is 0.833 bits per heavy atom. The van der Waals surface area contributed by atoms with Crippen LogP contribution in [0.2, 0.25) is 0 Å². The van der Waals surface area contributed by atoms with Crippen LogP contribution in [0, 0.1) is 0 Å². The minimum atomic E-state index is -0.455. The van der Waals surface area contributed by atoms with Crippen LogP contribution >= 0.6 is 0 Å². The lowest BCUT2D eigenvalue weighted by molar-refractivity contribution is 0.563. The maximum absolute atomic E-state index is 2.50. The SMILES string of the molecule is CC1(C)c2ccccc2C2(c3ccccc3-c3ccc(-c4cccc(N(c5ccc(-c6ccccc6)cc5)c5ccc6c(c5)c5ccccc5n6-c5ccccc5)c4)cc32)c2ccccc21. The predicted octanol–water partition coefficient (Wildman–Crippen LogP) is 16.6. The van der Waals surface area contributed by atoms with E-state index in [1.54, 1.807) is 0 Å². The third-order valence-electron chi connectivity index (χ3n) is 14.7. The number of hydrogen-bond acceptors (Lipinski definition) is 1. The molecular weight excluding hydrogens is 797 g/mol. The van der Waals surface area contributed by atoms with Gasteiger partial charge in [0.15, 0.2) is 0 Å². The normalized spacial score (nSPS) is 13.8. The number of nitrogens with zero attached hydrogens (tertiary/aromatic N) is 2. The van der Waals surface area contributed by atoms with Gasteiger partial charge in [-0.25, -0.2) is 0 Å². The molecule has 11 aromatic rings. The predicted molar refractivity (Wildman–Crippen MR) is 276 cm³/mol. The largest absolute Gasteiger partial charge is 0.310 e. The van der Waals surface area contributed by atoms with E-state index in [2.05, 4.69) is 266 Å². The van der Waals surface area contributed by atoms with Crippen LogP contribution in [0.4, 0.5) is 17.1 Å². The van der Waals surface area contributed by atoms with Gasteiger partial charge in [0.2, 0.25) is 0 Å². The lowest BCUT2D eigenvalue weighted by Gasteiger charge is -2.46. The molecule has 0 saturated carbocycles. The highest BCUT2D eigenvalue weighted by atomic mass is 15.1. The molecule has 312 valence electrons. The Kier molecular flexibility index (Phi) is 8.51. The molecule has 2 aliphatic rings. The number of anilines is 3. The lowest BCUT2D eigenvalue weighted by Crippen LogP contribution is -2.40. The van der Waals surface area contributed by atoms with Crippen LogP contribution in [0.15, 0.2) is 243 Å². The maximum atomic E-state index is 2.50. The van der Waals surface area contributed by atoms with Crippen molar-refractivity contribution in [1.82, 2.24) is 4.57 Å². The Morgan fingerprint density at radius 1 is 0.318 bits per heavy atom. The van der Waals surface area contributed by atoms with E-state index in [4.69, 9.17) is 0 Å². The molecule has 13 rings (SSSR count). The van der Waals surface area contributed by atoms with E-state index in [1.165, 1.54) is 88.6 Å². The van der Waals surface area contributed by atoms with Crippen molar-refractivity contribution in [1.29, 1.82) is 0 Å². The summed E-state index contributed by atoms with van der Waals surface area (Å²) < 4.78 is 2.39. The summed E-state index contributed by atoms with van der Waals surface area (Å²) in [6, 6.07) is 90.0. The first kappa shape index (κ1) is 38.3. The zero-order valence-electron chi connectivity index (χ0n) is 37.0. The molecule has 0 amide bonds. The van der Waals surface area contributed by atoms with Gasteiger partial charge in [-0.15, -0.1) is 0 Å². The van der Waals surface area contributed by atoms with Crippen molar-refractivity contribution in [2.24, 2.45) is 0 Å². The molecule has 66 heavy (non-hydrogen) atoms. The van der Waals surface area contributed by atoms with Crippen LogP contribution in [-0.2, 0) is 10.8 Å². The first-order valence-electron chi connectivity index (χ1n) is 23.1. The number of para-hydroxylation sites is 2. The Morgan fingerprint density at radius 3 is 1.58 bits per heavy atom. The topological polar surface area (TPSA) is 8.17 Å². The van der Waals surface area contributed by atoms with E-state index in [0.717, 1.165) is 22.7 Å². The van der Waals surface area contributed by atoms with E-state index in [9.17, 15) is 0 Å². The number of rotatable bonds is 6. The van der Waals surface area contributed by atoms with Crippen molar-refractivity contribution < 1.29 is 0 Å². The molecule has 0 bridgehead atoms. The fraction of sp³-hybridized carbons (Fsp3) is 0.0625. The van der Waals surface area contributed by atoms with Crippen molar-refractivity contribution in [2.75, 3.05) is 4.90 Å². The summed E-state index contributed by atoms with van der Waals surface area (Å²) in [6.45, 7) is 4.78. The number of fused-ring (bicyclic) bond motifs is 12. The summed E-state index contributed by atoms with van der Waals surface area (Å²) in [7, 11) is 0. The van der Waals surface area contributed by atoms with Crippen molar-refractivity contribution in [3.63, 3.8) is 0 Å². The van der Waals surface area contributed by atoms with Gasteiger partial charge < -0.3 is 9.47 Å². The highest BCUT2D eigenvalue weighted by Crippen LogP contribution is 2.62. The van der Waals surface area contributed by atoms with Crippen molar-refractivity contribution >= 4 is 38.9 Å².